The lowest BCUT2D eigenvalue weighted by molar-refractivity contribution is 0.500. The zero-order valence-corrected chi connectivity index (χ0v) is 12.8. The maximum atomic E-state index is 5.45. The van der Waals surface area contributed by atoms with Gasteiger partial charge in [-0.3, -0.25) is 4.98 Å². The Bertz CT molecular complexity index is 688. The Morgan fingerprint density at radius 3 is 2.76 bits per heavy atom. The van der Waals surface area contributed by atoms with Crippen molar-refractivity contribution in [1.29, 1.82) is 0 Å². The molecule has 21 heavy (non-hydrogen) atoms. The standard InChI is InChI=1S/C15H13BrN4O/c16-14-8-18-11-19-15(14)20(10-13-4-2-6-21-13)9-12-3-1-5-17-7-12/h1-8,11H,9-10H2. The van der Waals surface area contributed by atoms with Crippen LogP contribution >= 0.6 is 15.9 Å². The lowest BCUT2D eigenvalue weighted by Crippen LogP contribution is -2.23. The van der Waals surface area contributed by atoms with Crippen LogP contribution in [0.3, 0.4) is 0 Å². The van der Waals surface area contributed by atoms with Gasteiger partial charge in [-0.2, -0.15) is 0 Å². The van der Waals surface area contributed by atoms with Crippen molar-refractivity contribution in [3.05, 3.63) is 71.2 Å². The molecule has 0 aliphatic carbocycles. The Morgan fingerprint density at radius 1 is 1.10 bits per heavy atom. The Hall–Kier alpha value is -2.21. The van der Waals surface area contributed by atoms with E-state index in [1.54, 1.807) is 25.0 Å². The average molecular weight is 345 g/mol. The molecule has 0 saturated carbocycles. The normalized spacial score (nSPS) is 10.5. The summed E-state index contributed by atoms with van der Waals surface area (Å²) in [5.41, 5.74) is 1.11. The molecule has 5 nitrogen and oxygen atoms in total. The fourth-order valence-electron chi connectivity index (χ4n) is 2.05. The highest BCUT2D eigenvalue weighted by atomic mass is 79.9. The first-order valence-corrected chi connectivity index (χ1v) is 7.24. The molecule has 0 atom stereocenters. The van der Waals surface area contributed by atoms with E-state index in [9.17, 15) is 0 Å². The summed E-state index contributed by atoms with van der Waals surface area (Å²) in [6.07, 6.45) is 8.57. The van der Waals surface area contributed by atoms with E-state index in [1.807, 2.05) is 30.5 Å². The zero-order chi connectivity index (χ0) is 14.5. The van der Waals surface area contributed by atoms with Gasteiger partial charge in [0, 0.05) is 25.1 Å². The Labute approximate surface area is 130 Å². The molecule has 0 aromatic carbocycles. The fraction of sp³-hybridized carbons (Fsp3) is 0.133. The van der Waals surface area contributed by atoms with E-state index in [0.717, 1.165) is 21.6 Å². The topological polar surface area (TPSA) is 55.1 Å². The third-order valence-electron chi connectivity index (χ3n) is 2.97. The molecule has 0 aliphatic heterocycles. The van der Waals surface area contributed by atoms with Crippen molar-refractivity contribution in [2.75, 3.05) is 4.90 Å². The van der Waals surface area contributed by atoms with Gasteiger partial charge in [-0.1, -0.05) is 6.07 Å². The highest BCUT2D eigenvalue weighted by Gasteiger charge is 2.14. The van der Waals surface area contributed by atoms with E-state index >= 15 is 0 Å². The third kappa shape index (κ3) is 3.46. The summed E-state index contributed by atoms with van der Waals surface area (Å²) >= 11 is 3.50. The van der Waals surface area contributed by atoms with Crippen LogP contribution in [-0.2, 0) is 13.1 Å². The van der Waals surface area contributed by atoms with Gasteiger partial charge in [0.2, 0.25) is 0 Å². The van der Waals surface area contributed by atoms with Crippen molar-refractivity contribution in [2.24, 2.45) is 0 Å². The van der Waals surface area contributed by atoms with Crippen molar-refractivity contribution >= 4 is 21.7 Å². The highest BCUT2D eigenvalue weighted by Crippen LogP contribution is 2.25. The van der Waals surface area contributed by atoms with Gasteiger partial charge in [0.25, 0.3) is 0 Å². The van der Waals surface area contributed by atoms with E-state index in [-0.39, 0.29) is 0 Å². The minimum atomic E-state index is 0.623. The summed E-state index contributed by atoms with van der Waals surface area (Å²) in [5, 5.41) is 0. The summed E-state index contributed by atoms with van der Waals surface area (Å²) in [6, 6.07) is 7.80. The molecule has 3 rings (SSSR count). The number of halogens is 1. The molecule has 0 aliphatic rings. The number of aromatic nitrogens is 3. The van der Waals surface area contributed by atoms with Gasteiger partial charge in [0.05, 0.1) is 17.3 Å². The van der Waals surface area contributed by atoms with Crippen LogP contribution < -0.4 is 4.90 Å². The SMILES string of the molecule is Brc1cncnc1N(Cc1cccnc1)Cc1ccco1. The summed E-state index contributed by atoms with van der Waals surface area (Å²) in [4.78, 5) is 14.6. The Balaban J connectivity index is 1.89. The van der Waals surface area contributed by atoms with E-state index in [1.165, 1.54) is 0 Å². The van der Waals surface area contributed by atoms with Crippen LogP contribution in [0, 0.1) is 0 Å². The van der Waals surface area contributed by atoms with E-state index < -0.39 is 0 Å². The largest absolute Gasteiger partial charge is 0.467 e. The number of hydrogen-bond donors (Lipinski definition) is 0. The molecule has 3 aromatic rings. The first-order valence-electron chi connectivity index (χ1n) is 6.44. The van der Waals surface area contributed by atoms with Crippen LogP contribution in [0.15, 0.2) is 64.3 Å². The van der Waals surface area contributed by atoms with Crippen molar-refractivity contribution in [2.45, 2.75) is 13.1 Å². The van der Waals surface area contributed by atoms with Crippen LogP contribution in [0.5, 0.6) is 0 Å². The molecule has 0 amide bonds. The fourth-order valence-corrected chi connectivity index (χ4v) is 2.52. The molecule has 0 spiro atoms. The molecular formula is C15H13BrN4O. The monoisotopic (exact) mass is 344 g/mol. The van der Waals surface area contributed by atoms with Gasteiger partial charge in [-0.05, 0) is 39.7 Å². The Kier molecular flexibility index (Phi) is 4.25. The van der Waals surface area contributed by atoms with Crippen LogP contribution in [0.25, 0.3) is 0 Å². The summed E-state index contributed by atoms with van der Waals surface area (Å²) in [6.45, 7) is 1.31. The van der Waals surface area contributed by atoms with Crippen LogP contribution in [0.4, 0.5) is 5.82 Å². The second-order valence-electron chi connectivity index (χ2n) is 4.49. The second kappa shape index (κ2) is 6.49. The van der Waals surface area contributed by atoms with E-state index in [4.69, 9.17) is 4.42 Å². The number of pyridine rings is 1. The molecule has 3 heterocycles. The number of rotatable bonds is 5. The lowest BCUT2D eigenvalue weighted by atomic mass is 10.2. The molecule has 0 bridgehead atoms. The number of furan rings is 1. The smallest absolute Gasteiger partial charge is 0.147 e. The van der Waals surface area contributed by atoms with Crippen molar-refractivity contribution in [3.8, 4) is 0 Å². The van der Waals surface area contributed by atoms with Crippen LogP contribution in [0.2, 0.25) is 0 Å². The molecule has 0 fully saturated rings. The van der Waals surface area contributed by atoms with Crippen molar-refractivity contribution < 1.29 is 4.42 Å². The predicted molar refractivity (Wildman–Crippen MR) is 82.6 cm³/mol. The van der Waals surface area contributed by atoms with Crippen LogP contribution in [0.1, 0.15) is 11.3 Å². The average Bonchev–Trinajstić information content (AvgIpc) is 3.01. The number of hydrogen-bond acceptors (Lipinski definition) is 5. The maximum Gasteiger partial charge on any atom is 0.147 e. The lowest BCUT2D eigenvalue weighted by Gasteiger charge is -2.23. The van der Waals surface area contributed by atoms with Gasteiger partial charge in [0.15, 0.2) is 0 Å². The molecule has 6 heteroatoms. The van der Waals surface area contributed by atoms with E-state index in [2.05, 4.69) is 35.8 Å². The van der Waals surface area contributed by atoms with Crippen LogP contribution in [-0.4, -0.2) is 15.0 Å². The number of nitrogens with zero attached hydrogens (tertiary/aromatic N) is 4. The van der Waals surface area contributed by atoms with Gasteiger partial charge in [0.1, 0.15) is 17.9 Å². The third-order valence-corrected chi connectivity index (χ3v) is 3.53. The first-order chi connectivity index (χ1) is 10.3. The van der Waals surface area contributed by atoms with Gasteiger partial charge >= 0.3 is 0 Å². The highest BCUT2D eigenvalue weighted by molar-refractivity contribution is 9.10. The molecule has 106 valence electrons. The van der Waals surface area contributed by atoms with Crippen molar-refractivity contribution in [1.82, 2.24) is 15.0 Å². The summed E-state index contributed by atoms with van der Waals surface area (Å²) in [7, 11) is 0. The minimum Gasteiger partial charge on any atom is -0.467 e. The molecule has 0 N–H and O–H groups in total. The van der Waals surface area contributed by atoms with Crippen molar-refractivity contribution in [3.63, 3.8) is 0 Å². The summed E-state index contributed by atoms with van der Waals surface area (Å²) < 4.78 is 6.29. The maximum absolute atomic E-state index is 5.45. The van der Waals surface area contributed by atoms with E-state index in [0.29, 0.717) is 13.1 Å². The molecule has 3 aromatic heterocycles. The van der Waals surface area contributed by atoms with Gasteiger partial charge < -0.3 is 9.32 Å². The molecule has 0 saturated heterocycles. The van der Waals surface area contributed by atoms with Gasteiger partial charge in [-0.15, -0.1) is 0 Å². The first kappa shape index (κ1) is 13.8. The Morgan fingerprint density at radius 2 is 2.05 bits per heavy atom. The molecule has 0 radical (unpaired) electrons. The predicted octanol–water partition coefficient (Wildman–Crippen LogP) is 3.43. The summed E-state index contributed by atoms with van der Waals surface area (Å²) in [5.74, 6) is 1.70. The zero-order valence-electron chi connectivity index (χ0n) is 11.2. The second-order valence-corrected chi connectivity index (χ2v) is 5.35. The number of anilines is 1. The molecule has 0 unspecified atom stereocenters. The van der Waals surface area contributed by atoms with Gasteiger partial charge in [-0.25, -0.2) is 9.97 Å². The quantitative estimate of drug-likeness (QED) is 0.709. The molecular weight excluding hydrogens is 332 g/mol. The minimum absolute atomic E-state index is 0.623.